The van der Waals surface area contributed by atoms with Crippen LogP contribution in [0.2, 0.25) is 0 Å². The van der Waals surface area contributed by atoms with Crippen molar-refractivity contribution in [2.75, 3.05) is 18.6 Å². The van der Waals surface area contributed by atoms with Gasteiger partial charge in [-0.05, 0) is 60.5 Å². The highest BCUT2D eigenvalue weighted by molar-refractivity contribution is 7.89. The number of carbonyl (C=O) groups is 3. The van der Waals surface area contributed by atoms with E-state index in [4.69, 9.17) is 5.14 Å². The zero-order valence-electron chi connectivity index (χ0n) is 20.8. The molecular formula is C26H25N3O8S2. The number of imide groups is 1. The van der Waals surface area contributed by atoms with Crippen LogP contribution in [0.5, 0.6) is 0 Å². The normalized spacial score (nSPS) is 16.1. The van der Waals surface area contributed by atoms with E-state index in [9.17, 15) is 31.2 Å². The Labute approximate surface area is 225 Å². The van der Waals surface area contributed by atoms with E-state index in [0.29, 0.717) is 5.56 Å². The predicted molar refractivity (Wildman–Crippen MR) is 141 cm³/mol. The number of anilines is 1. The van der Waals surface area contributed by atoms with Gasteiger partial charge in [-0.2, -0.15) is 4.31 Å². The highest BCUT2D eigenvalue weighted by atomic mass is 32.2. The molecule has 204 valence electrons. The average Bonchev–Trinajstić information content (AvgIpc) is 3.21. The monoisotopic (exact) mass is 571 g/mol. The van der Waals surface area contributed by atoms with E-state index >= 15 is 0 Å². The molecule has 1 heterocycles. The van der Waals surface area contributed by atoms with Gasteiger partial charge < -0.3 is 4.74 Å². The summed E-state index contributed by atoms with van der Waals surface area (Å²) in [5, 5.41) is 5.14. The van der Waals surface area contributed by atoms with E-state index in [1.165, 1.54) is 67.8 Å². The van der Waals surface area contributed by atoms with E-state index in [0.717, 1.165) is 9.21 Å². The van der Waals surface area contributed by atoms with E-state index in [1.54, 1.807) is 18.2 Å². The molecule has 2 amide bonds. The quantitative estimate of drug-likeness (QED) is 0.300. The molecule has 0 saturated carbocycles. The van der Waals surface area contributed by atoms with E-state index < -0.39 is 43.9 Å². The van der Waals surface area contributed by atoms with Crippen molar-refractivity contribution in [2.45, 2.75) is 28.7 Å². The Morgan fingerprint density at radius 1 is 0.923 bits per heavy atom. The number of benzene rings is 3. The van der Waals surface area contributed by atoms with Crippen molar-refractivity contribution in [1.29, 1.82) is 0 Å². The van der Waals surface area contributed by atoms with Crippen LogP contribution in [0.15, 0.2) is 88.7 Å². The molecule has 4 rings (SSSR count). The standard InChI is InChI=1S/C26H25N3O8S2/c1-37-26(32)19-9-11-20(12-10-19)29-24(30)17-23(25(29)31)28(39(35,36)22-5-3-2-4-6-22)16-15-18-7-13-21(14-8-18)38(27,33)34/h2-14,23H,15-17H2,1H3,(H2,27,33,34). The molecule has 1 atom stereocenters. The van der Waals surface area contributed by atoms with Crippen molar-refractivity contribution in [3.05, 3.63) is 90.0 Å². The zero-order valence-corrected chi connectivity index (χ0v) is 22.4. The topological polar surface area (TPSA) is 161 Å². The smallest absolute Gasteiger partial charge is 0.337 e. The summed E-state index contributed by atoms with van der Waals surface area (Å²) in [5.74, 6) is -1.91. The van der Waals surface area contributed by atoms with Crippen molar-refractivity contribution in [3.8, 4) is 0 Å². The number of ether oxygens (including phenoxy) is 1. The lowest BCUT2D eigenvalue weighted by Gasteiger charge is -2.27. The van der Waals surface area contributed by atoms with Gasteiger partial charge in [0, 0.05) is 6.54 Å². The van der Waals surface area contributed by atoms with Gasteiger partial charge in [-0.25, -0.2) is 31.7 Å². The lowest BCUT2D eigenvalue weighted by atomic mass is 10.1. The second-order valence-electron chi connectivity index (χ2n) is 8.69. The maximum absolute atomic E-state index is 13.7. The molecule has 1 fully saturated rings. The maximum atomic E-state index is 13.7. The number of primary sulfonamides is 1. The van der Waals surface area contributed by atoms with Crippen LogP contribution in [0, 0.1) is 0 Å². The molecule has 2 N–H and O–H groups in total. The molecule has 3 aromatic rings. The molecule has 13 heteroatoms. The van der Waals surface area contributed by atoms with E-state index in [1.807, 2.05) is 0 Å². The molecule has 0 bridgehead atoms. The second kappa shape index (κ2) is 11.1. The molecule has 0 aromatic heterocycles. The summed E-state index contributed by atoms with van der Waals surface area (Å²) >= 11 is 0. The maximum Gasteiger partial charge on any atom is 0.337 e. The van der Waals surface area contributed by atoms with Crippen LogP contribution in [0.3, 0.4) is 0 Å². The molecule has 3 aromatic carbocycles. The first-order valence-electron chi connectivity index (χ1n) is 11.7. The summed E-state index contributed by atoms with van der Waals surface area (Å²) in [6, 6.07) is 17.5. The summed E-state index contributed by atoms with van der Waals surface area (Å²) in [6.07, 6.45) is -0.253. The molecule has 1 aliphatic rings. The van der Waals surface area contributed by atoms with Gasteiger partial charge in [0.15, 0.2) is 0 Å². The lowest BCUT2D eigenvalue weighted by molar-refractivity contribution is -0.122. The van der Waals surface area contributed by atoms with Gasteiger partial charge in [-0.1, -0.05) is 30.3 Å². The van der Waals surface area contributed by atoms with Crippen molar-refractivity contribution in [1.82, 2.24) is 4.31 Å². The number of nitrogens with zero attached hydrogens (tertiary/aromatic N) is 2. The first kappa shape index (κ1) is 28.1. The third kappa shape index (κ3) is 5.91. The van der Waals surface area contributed by atoms with Gasteiger partial charge in [0.25, 0.3) is 5.91 Å². The zero-order chi connectivity index (χ0) is 28.4. The van der Waals surface area contributed by atoms with Crippen molar-refractivity contribution in [2.24, 2.45) is 5.14 Å². The summed E-state index contributed by atoms with van der Waals surface area (Å²) in [6.45, 7) is -0.162. The Hall–Kier alpha value is -3.91. The third-order valence-electron chi connectivity index (χ3n) is 6.24. The van der Waals surface area contributed by atoms with Gasteiger partial charge in [-0.3, -0.25) is 9.59 Å². The fraction of sp³-hybridized carbons (Fsp3) is 0.192. The van der Waals surface area contributed by atoms with Gasteiger partial charge in [0.2, 0.25) is 26.0 Å². The van der Waals surface area contributed by atoms with Crippen LogP contribution in [-0.4, -0.2) is 58.6 Å². The fourth-order valence-electron chi connectivity index (χ4n) is 4.23. The first-order valence-corrected chi connectivity index (χ1v) is 14.7. The first-order chi connectivity index (χ1) is 18.4. The Bertz CT molecular complexity index is 1610. The highest BCUT2D eigenvalue weighted by Crippen LogP contribution is 2.30. The average molecular weight is 572 g/mol. The summed E-state index contributed by atoms with van der Waals surface area (Å²) in [5.41, 5.74) is 1.01. The molecule has 11 nitrogen and oxygen atoms in total. The number of carbonyl (C=O) groups excluding carboxylic acids is 3. The minimum Gasteiger partial charge on any atom is -0.465 e. The number of hydrogen-bond acceptors (Lipinski definition) is 8. The minimum absolute atomic E-state index is 0.0456. The molecule has 0 radical (unpaired) electrons. The van der Waals surface area contributed by atoms with E-state index in [-0.39, 0.29) is 40.4 Å². The number of methoxy groups -OCH3 is 1. The lowest BCUT2D eigenvalue weighted by Crippen LogP contribution is -2.46. The SMILES string of the molecule is COC(=O)c1ccc(N2C(=O)CC(N(CCc3ccc(S(N)(=O)=O)cc3)S(=O)(=O)c3ccccc3)C2=O)cc1. The van der Waals surface area contributed by atoms with Crippen LogP contribution in [0.25, 0.3) is 0 Å². The number of sulfonamides is 2. The van der Waals surface area contributed by atoms with Gasteiger partial charge in [0.1, 0.15) is 6.04 Å². The Morgan fingerprint density at radius 3 is 2.10 bits per heavy atom. The largest absolute Gasteiger partial charge is 0.465 e. The number of esters is 1. The van der Waals surface area contributed by atoms with Crippen LogP contribution in [0.4, 0.5) is 5.69 Å². The Kier molecular flexibility index (Phi) is 7.97. The van der Waals surface area contributed by atoms with Crippen LogP contribution in [-0.2, 0) is 40.8 Å². The van der Waals surface area contributed by atoms with E-state index in [2.05, 4.69) is 4.74 Å². The molecule has 0 aliphatic carbocycles. The van der Waals surface area contributed by atoms with Crippen LogP contribution in [0.1, 0.15) is 22.3 Å². The summed E-state index contributed by atoms with van der Waals surface area (Å²) in [7, 11) is -6.88. The minimum atomic E-state index is -4.21. The Balaban J connectivity index is 1.65. The second-order valence-corrected chi connectivity index (χ2v) is 12.1. The predicted octanol–water partition coefficient (Wildman–Crippen LogP) is 1.69. The van der Waals surface area contributed by atoms with Crippen LogP contribution < -0.4 is 10.0 Å². The molecule has 1 unspecified atom stereocenters. The Morgan fingerprint density at radius 2 is 1.54 bits per heavy atom. The number of nitrogens with two attached hydrogens (primary N) is 1. The number of amides is 2. The van der Waals surface area contributed by atoms with Crippen molar-refractivity contribution >= 4 is 43.5 Å². The number of hydrogen-bond donors (Lipinski definition) is 1. The summed E-state index contributed by atoms with van der Waals surface area (Å²) in [4.78, 5) is 39.0. The van der Waals surface area contributed by atoms with Crippen molar-refractivity contribution < 1.29 is 36.0 Å². The van der Waals surface area contributed by atoms with Gasteiger partial charge in [0.05, 0.1) is 34.6 Å². The number of rotatable bonds is 9. The molecule has 1 aliphatic heterocycles. The molecular weight excluding hydrogens is 546 g/mol. The molecule has 0 spiro atoms. The van der Waals surface area contributed by atoms with Crippen LogP contribution >= 0.6 is 0 Å². The van der Waals surface area contributed by atoms with Crippen molar-refractivity contribution in [3.63, 3.8) is 0 Å². The molecule has 1 saturated heterocycles. The fourth-order valence-corrected chi connectivity index (χ4v) is 6.35. The summed E-state index contributed by atoms with van der Waals surface area (Å²) < 4.78 is 56.1. The van der Waals surface area contributed by atoms with Gasteiger partial charge in [-0.15, -0.1) is 0 Å². The molecule has 39 heavy (non-hydrogen) atoms. The highest BCUT2D eigenvalue weighted by Gasteiger charge is 2.46. The van der Waals surface area contributed by atoms with Gasteiger partial charge >= 0.3 is 5.97 Å². The third-order valence-corrected chi connectivity index (χ3v) is 9.09.